The predicted molar refractivity (Wildman–Crippen MR) is 77.8 cm³/mol. The number of fused-ring (bicyclic) bond motifs is 1. The molecule has 1 aliphatic heterocycles. The van der Waals surface area contributed by atoms with Gasteiger partial charge in [0.15, 0.2) is 6.17 Å². The fraction of sp³-hybridized carbons (Fsp3) is 0.200. The lowest BCUT2D eigenvalue weighted by atomic mass is 10.1. The Morgan fingerprint density at radius 2 is 2.23 bits per heavy atom. The maximum atomic E-state index is 12.6. The second-order valence-electron chi connectivity index (χ2n) is 4.66. The Hall–Kier alpha value is -2.96. The third-order valence-corrected chi connectivity index (χ3v) is 3.27. The highest BCUT2D eigenvalue weighted by Crippen LogP contribution is 2.31. The van der Waals surface area contributed by atoms with Crippen molar-refractivity contribution in [2.45, 2.75) is 13.1 Å². The van der Waals surface area contributed by atoms with Crippen LogP contribution in [-0.4, -0.2) is 23.6 Å². The van der Waals surface area contributed by atoms with Crippen LogP contribution in [0.4, 0.5) is 10.5 Å². The summed E-state index contributed by atoms with van der Waals surface area (Å²) in [6.07, 6.45) is 1.75. The van der Waals surface area contributed by atoms with E-state index in [9.17, 15) is 9.59 Å². The first-order valence-corrected chi connectivity index (χ1v) is 6.85. The smallest absolute Gasteiger partial charge is 0.426 e. The number of carbonyl (C=O) groups excluding carboxylic acids is 2. The van der Waals surface area contributed by atoms with Gasteiger partial charge in [0.1, 0.15) is 0 Å². The summed E-state index contributed by atoms with van der Waals surface area (Å²) in [7, 11) is 0. The number of anilines is 1. The minimum atomic E-state index is -0.689. The van der Waals surface area contributed by atoms with Crippen LogP contribution in [0, 0.1) is 0 Å². The molecule has 1 aromatic carbocycles. The highest BCUT2D eigenvalue weighted by molar-refractivity contribution is 6.02. The number of hydrogen-bond donors (Lipinski definition) is 2. The zero-order chi connectivity index (χ0) is 15.5. The van der Waals surface area contributed by atoms with E-state index in [-0.39, 0.29) is 12.5 Å². The Morgan fingerprint density at radius 3 is 2.95 bits per heavy atom. The molecule has 2 aromatic rings. The first-order valence-electron chi connectivity index (χ1n) is 6.85. The summed E-state index contributed by atoms with van der Waals surface area (Å²) in [6.45, 7) is 1.91. The number of amides is 2. The van der Waals surface area contributed by atoms with Crippen molar-refractivity contribution >= 4 is 17.7 Å². The second-order valence-corrected chi connectivity index (χ2v) is 4.66. The molecule has 0 bridgehead atoms. The van der Waals surface area contributed by atoms with Crippen molar-refractivity contribution in [3.05, 3.63) is 54.0 Å². The highest BCUT2D eigenvalue weighted by Gasteiger charge is 2.34. The molecule has 7 nitrogen and oxygen atoms in total. The van der Waals surface area contributed by atoms with E-state index in [1.165, 1.54) is 17.5 Å². The molecule has 0 fully saturated rings. The van der Waals surface area contributed by atoms with Crippen molar-refractivity contribution < 1.29 is 18.7 Å². The summed E-state index contributed by atoms with van der Waals surface area (Å²) in [4.78, 5) is 24.4. The molecule has 22 heavy (non-hydrogen) atoms. The van der Waals surface area contributed by atoms with E-state index in [0.29, 0.717) is 16.8 Å². The highest BCUT2D eigenvalue weighted by atomic mass is 16.6. The molecule has 1 aliphatic rings. The Bertz CT molecular complexity index is 684. The van der Waals surface area contributed by atoms with E-state index in [0.717, 1.165) is 0 Å². The van der Waals surface area contributed by atoms with Crippen LogP contribution in [0.25, 0.3) is 0 Å². The third-order valence-electron chi connectivity index (χ3n) is 3.27. The molecule has 1 unspecified atom stereocenters. The molecule has 2 N–H and O–H groups in total. The number of nitrogens with zero attached hydrogens (tertiary/aromatic N) is 1. The Labute approximate surface area is 126 Å². The number of furan rings is 1. The number of benzene rings is 1. The van der Waals surface area contributed by atoms with Gasteiger partial charge in [0, 0.05) is 11.3 Å². The zero-order valence-electron chi connectivity index (χ0n) is 11.9. The minimum Gasteiger partial charge on any atom is -0.472 e. The quantitative estimate of drug-likeness (QED) is 0.910. The first kappa shape index (κ1) is 14.0. The van der Waals surface area contributed by atoms with Crippen molar-refractivity contribution in [2.75, 3.05) is 11.9 Å². The molecule has 0 spiro atoms. The summed E-state index contributed by atoms with van der Waals surface area (Å²) in [6, 6.07) is 8.82. The fourth-order valence-corrected chi connectivity index (χ4v) is 2.29. The van der Waals surface area contributed by atoms with E-state index in [1.54, 1.807) is 25.1 Å². The fourth-order valence-electron chi connectivity index (χ4n) is 2.29. The van der Waals surface area contributed by atoms with Gasteiger partial charge >= 0.3 is 6.09 Å². The van der Waals surface area contributed by atoms with Crippen LogP contribution in [0.15, 0.2) is 47.3 Å². The summed E-state index contributed by atoms with van der Waals surface area (Å²) >= 11 is 0. The molecule has 7 heteroatoms. The molecule has 1 atom stereocenters. The average Bonchev–Trinajstić information content (AvgIpc) is 3.04. The van der Waals surface area contributed by atoms with Crippen LogP contribution in [0.2, 0.25) is 0 Å². The Balaban J connectivity index is 1.95. The third kappa shape index (κ3) is 2.48. The van der Waals surface area contributed by atoms with E-state index in [1.807, 2.05) is 12.1 Å². The molecule has 1 aromatic heterocycles. The Morgan fingerprint density at radius 1 is 1.41 bits per heavy atom. The molecule has 114 valence electrons. The summed E-state index contributed by atoms with van der Waals surface area (Å²) < 4.78 is 9.92. The predicted octanol–water partition coefficient (Wildman–Crippen LogP) is 2.51. The van der Waals surface area contributed by atoms with Gasteiger partial charge in [-0.2, -0.15) is 0 Å². The normalized spacial score (nSPS) is 16.7. The van der Waals surface area contributed by atoms with Gasteiger partial charge in [-0.05, 0) is 25.1 Å². The van der Waals surface area contributed by atoms with Crippen LogP contribution in [0.5, 0.6) is 0 Å². The monoisotopic (exact) mass is 301 g/mol. The van der Waals surface area contributed by atoms with Crippen molar-refractivity contribution in [2.24, 2.45) is 0 Å². The Kier molecular flexibility index (Phi) is 3.69. The number of hydrazine groups is 1. The number of nitrogens with one attached hydrogen (secondary N) is 2. The molecular weight excluding hydrogens is 286 g/mol. The largest absolute Gasteiger partial charge is 0.472 e. The van der Waals surface area contributed by atoms with E-state index >= 15 is 0 Å². The van der Waals surface area contributed by atoms with Crippen LogP contribution in [0.1, 0.15) is 29.0 Å². The molecule has 0 saturated heterocycles. The summed E-state index contributed by atoms with van der Waals surface area (Å²) in [5, 5.41) is 4.40. The molecule has 2 amide bonds. The summed E-state index contributed by atoms with van der Waals surface area (Å²) in [5.41, 5.74) is 4.34. The first-order chi connectivity index (χ1) is 10.7. The number of hydrogen-bond acceptors (Lipinski definition) is 5. The van der Waals surface area contributed by atoms with Gasteiger partial charge in [-0.1, -0.05) is 12.1 Å². The van der Waals surface area contributed by atoms with Gasteiger partial charge < -0.3 is 14.5 Å². The number of carbonyl (C=O) groups is 2. The van der Waals surface area contributed by atoms with Crippen molar-refractivity contribution in [1.29, 1.82) is 0 Å². The molecule has 3 rings (SSSR count). The SMILES string of the molecule is CCOC(=O)NN1C(=O)c2ccccc2NC1c1ccoc1. The van der Waals surface area contributed by atoms with Gasteiger partial charge in [0.2, 0.25) is 0 Å². The lowest BCUT2D eigenvalue weighted by Crippen LogP contribution is -2.52. The molecule has 2 heterocycles. The minimum absolute atomic E-state index is 0.217. The molecular formula is C15H15N3O4. The molecule has 0 saturated carbocycles. The van der Waals surface area contributed by atoms with Crippen LogP contribution >= 0.6 is 0 Å². The van der Waals surface area contributed by atoms with Crippen molar-refractivity contribution in [1.82, 2.24) is 10.4 Å². The zero-order valence-corrected chi connectivity index (χ0v) is 11.9. The van der Waals surface area contributed by atoms with Gasteiger partial charge in [0.25, 0.3) is 5.91 Å². The van der Waals surface area contributed by atoms with Crippen LogP contribution < -0.4 is 10.7 Å². The lowest BCUT2D eigenvalue weighted by Gasteiger charge is -2.36. The standard InChI is InChI=1S/C15H15N3O4/c1-2-22-15(20)17-18-13(10-7-8-21-9-10)16-12-6-4-3-5-11(12)14(18)19/h3-9,13,16H,2H2,1H3,(H,17,20). The van der Waals surface area contributed by atoms with Crippen LogP contribution in [0.3, 0.4) is 0 Å². The number of ether oxygens (including phenoxy) is 1. The van der Waals surface area contributed by atoms with E-state index < -0.39 is 12.3 Å². The van der Waals surface area contributed by atoms with E-state index in [4.69, 9.17) is 9.15 Å². The summed E-state index contributed by atoms with van der Waals surface area (Å²) in [5.74, 6) is -0.325. The van der Waals surface area contributed by atoms with Crippen LogP contribution in [-0.2, 0) is 4.74 Å². The lowest BCUT2D eigenvalue weighted by molar-refractivity contribution is 0.0506. The van der Waals surface area contributed by atoms with Gasteiger partial charge in [0.05, 0.1) is 24.7 Å². The van der Waals surface area contributed by atoms with E-state index in [2.05, 4.69) is 10.7 Å². The molecule has 0 aliphatic carbocycles. The number of para-hydroxylation sites is 1. The topological polar surface area (TPSA) is 83.8 Å². The van der Waals surface area contributed by atoms with Gasteiger partial charge in [-0.3, -0.25) is 4.79 Å². The van der Waals surface area contributed by atoms with Gasteiger partial charge in [-0.25, -0.2) is 15.2 Å². The maximum absolute atomic E-state index is 12.6. The second kappa shape index (κ2) is 5.80. The van der Waals surface area contributed by atoms with Gasteiger partial charge in [-0.15, -0.1) is 0 Å². The maximum Gasteiger partial charge on any atom is 0.426 e. The molecule has 0 radical (unpaired) electrons. The van der Waals surface area contributed by atoms with Crippen molar-refractivity contribution in [3.8, 4) is 0 Å². The van der Waals surface area contributed by atoms with Crippen molar-refractivity contribution in [3.63, 3.8) is 0 Å². The average molecular weight is 301 g/mol. The number of rotatable bonds is 3.